The van der Waals surface area contributed by atoms with E-state index in [9.17, 15) is 0 Å². The van der Waals surface area contributed by atoms with Crippen LogP contribution in [-0.2, 0) is 7.05 Å². The summed E-state index contributed by atoms with van der Waals surface area (Å²) in [6, 6.07) is 0. The molecule has 0 N–H and O–H groups in total. The van der Waals surface area contributed by atoms with Gasteiger partial charge in [-0.1, -0.05) is 13.8 Å². The summed E-state index contributed by atoms with van der Waals surface area (Å²) in [6.45, 7) is 8.63. The molecule has 0 fully saturated rings. The second-order valence-corrected chi connectivity index (χ2v) is 3.87. The van der Waals surface area contributed by atoms with Crippen molar-refractivity contribution in [3.05, 3.63) is 17.8 Å². The SMILES string of the molecule is CC(C)c1coc(C(C)C)[n+]1C. The summed E-state index contributed by atoms with van der Waals surface area (Å²) in [7, 11) is 2.06. The lowest BCUT2D eigenvalue weighted by molar-refractivity contribution is -0.692. The molecule has 1 aromatic heterocycles. The predicted octanol–water partition coefficient (Wildman–Crippen LogP) is 2.35. The highest BCUT2D eigenvalue weighted by atomic mass is 16.3. The van der Waals surface area contributed by atoms with Gasteiger partial charge in [0.1, 0.15) is 7.05 Å². The highest BCUT2D eigenvalue weighted by molar-refractivity contribution is 4.94. The maximum absolute atomic E-state index is 5.48. The van der Waals surface area contributed by atoms with Gasteiger partial charge in [0.05, 0.1) is 5.92 Å². The van der Waals surface area contributed by atoms with Crippen LogP contribution in [0.1, 0.15) is 51.1 Å². The Bertz CT molecular complexity index is 235. The van der Waals surface area contributed by atoms with Crippen molar-refractivity contribution in [3.63, 3.8) is 0 Å². The molecule has 0 aliphatic rings. The highest BCUT2D eigenvalue weighted by Gasteiger charge is 2.22. The molecule has 2 nitrogen and oxygen atoms in total. The van der Waals surface area contributed by atoms with Gasteiger partial charge in [0.2, 0.25) is 5.69 Å². The van der Waals surface area contributed by atoms with Gasteiger partial charge in [-0.05, 0) is 13.8 Å². The second kappa shape index (κ2) is 3.30. The Morgan fingerprint density at radius 2 is 1.75 bits per heavy atom. The van der Waals surface area contributed by atoms with Crippen LogP contribution in [0.15, 0.2) is 10.7 Å². The molecule has 0 atom stereocenters. The first-order chi connectivity index (χ1) is 5.54. The quantitative estimate of drug-likeness (QED) is 0.619. The minimum atomic E-state index is 0.461. The average molecular weight is 168 g/mol. The second-order valence-electron chi connectivity index (χ2n) is 3.87. The van der Waals surface area contributed by atoms with Crippen LogP contribution in [0.4, 0.5) is 0 Å². The van der Waals surface area contributed by atoms with Gasteiger partial charge in [0, 0.05) is 5.92 Å². The summed E-state index contributed by atoms with van der Waals surface area (Å²) >= 11 is 0. The van der Waals surface area contributed by atoms with Crippen LogP contribution in [0.5, 0.6) is 0 Å². The Morgan fingerprint density at radius 3 is 2.00 bits per heavy atom. The molecule has 0 radical (unpaired) electrons. The van der Waals surface area contributed by atoms with Gasteiger partial charge in [-0.3, -0.25) is 0 Å². The zero-order valence-electron chi connectivity index (χ0n) is 8.59. The molecule has 0 aliphatic carbocycles. The Kier molecular flexibility index (Phi) is 2.55. The molecule has 68 valence electrons. The molecule has 1 rings (SSSR count). The topological polar surface area (TPSA) is 17.0 Å². The molecule has 0 aromatic carbocycles. The molecule has 0 bridgehead atoms. The van der Waals surface area contributed by atoms with E-state index in [1.165, 1.54) is 5.69 Å². The summed E-state index contributed by atoms with van der Waals surface area (Å²) in [5.41, 5.74) is 1.26. The lowest BCUT2D eigenvalue weighted by atomic mass is 10.1. The number of hydrogen-bond donors (Lipinski definition) is 0. The molecule has 0 saturated heterocycles. The van der Waals surface area contributed by atoms with Crippen LogP contribution in [0, 0.1) is 0 Å². The highest BCUT2D eigenvalue weighted by Crippen LogP contribution is 2.15. The van der Waals surface area contributed by atoms with E-state index in [1.54, 1.807) is 0 Å². The van der Waals surface area contributed by atoms with Crippen molar-refractivity contribution in [2.75, 3.05) is 0 Å². The van der Waals surface area contributed by atoms with E-state index in [2.05, 4.69) is 39.3 Å². The third kappa shape index (κ3) is 1.52. The van der Waals surface area contributed by atoms with Crippen LogP contribution in [0.3, 0.4) is 0 Å². The van der Waals surface area contributed by atoms with Crippen molar-refractivity contribution >= 4 is 0 Å². The van der Waals surface area contributed by atoms with Crippen LogP contribution < -0.4 is 4.57 Å². The van der Waals surface area contributed by atoms with Crippen LogP contribution in [0.25, 0.3) is 0 Å². The van der Waals surface area contributed by atoms with E-state index in [4.69, 9.17) is 4.42 Å². The Balaban J connectivity index is 3.04. The maximum atomic E-state index is 5.48. The smallest absolute Gasteiger partial charge is 0.349 e. The van der Waals surface area contributed by atoms with Crippen molar-refractivity contribution in [1.82, 2.24) is 0 Å². The van der Waals surface area contributed by atoms with Gasteiger partial charge in [-0.2, -0.15) is 4.57 Å². The van der Waals surface area contributed by atoms with Crippen molar-refractivity contribution in [2.24, 2.45) is 7.05 Å². The number of oxazole rings is 1. The Hall–Kier alpha value is -0.790. The zero-order valence-corrected chi connectivity index (χ0v) is 8.59. The fraction of sp³-hybridized carbons (Fsp3) is 0.700. The largest absolute Gasteiger partial charge is 0.410 e. The lowest BCUT2D eigenvalue weighted by Crippen LogP contribution is -2.36. The van der Waals surface area contributed by atoms with Crippen LogP contribution >= 0.6 is 0 Å². The fourth-order valence-electron chi connectivity index (χ4n) is 1.45. The third-order valence-corrected chi connectivity index (χ3v) is 2.10. The first-order valence-corrected chi connectivity index (χ1v) is 4.51. The van der Waals surface area contributed by atoms with E-state index in [1.807, 2.05) is 6.26 Å². The van der Waals surface area contributed by atoms with E-state index < -0.39 is 0 Å². The number of rotatable bonds is 2. The molecule has 0 amide bonds. The van der Waals surface area contributed by atoms with Crippen molar-refractivity contribution in [3.8, 4) is 0 Å². The molecule has 0 unspecified atom stereocenters. The van der Waals surface area contributed by atoms with Gasteiger partial charge in [-0.15, -0.1) is 0 Å². The summed E-state index contributed by atoms with van der Waals surface area (Å²) in [6.07, 6.45) is 1.86. The number of hydrogen-bond acceptors (Lipinski definition) is 1. The number of aromatic nitrogens is 1. The first-order valence-electron chi connectivity index (χ1n) is 4.51. The molecular formula is C10H18NO+. The molecule has 1 aromatic rings. The van der Waals surface area contributed by atoms with Crippen molar-refractivity contribution < 1.29 is 8.98 Å². The standard InChI is InChI=1S/C10H18NO/c1-7(2)9-6-12-10(8(3)4)11(9)5/h6-8H,1-5H3/q+1. The lowest BCUT2D eigenvalue weighted by Gasteiger charge is -1.97. The molecule has 2 heteroatoms. The molecule has 0 spiro atoms. The summed E-state index contributed by atoms with van der Waals surface area (Å²) < 4.78 is 7.63. The average Bonchev–Trinajstić information content (AvgIpc) is 2.30. The first kappa shape index (κ1) is 9.30. The molecule has 0 aliphatic heterocycles. The Labute approximate surface area is 74.2 Å². The molecule has 0 saturated carbocycles. The molecular weight excluding hydrogens is 150 g/mol. The molecule has 1 heterocycles. The normalized spacial score (nSPS) is 11.6. The Morgan fingerprint density at radius 1 is 1.17 bits per heavy atom. The van der Waals surface area contributed by atoms with Crippen molar-refractivity contribution in [2.45, 2.75) is 39.5 Å². The fourth-order valence-corrected chi connectivity index (χ4v) is 1.45. The van der Waals surface area contributed by atoms with E-state index >= 15 is 0 Å². The van der Waals surface area contributed by atoms with E-state index in [0.29, 0.717) is 11.8 Å². The van der Waals surface area contributed by atoms with Crippen molar-refractivity contribution in [1.29, 1.82) is 0 Å². The van der Waals surface area contributed by atoms with Gasteiger partial charge in [0.25, 0.3) is 0 Å². The van der Waals surface area contributed by atoms with E-state index in [-0.39, 0.29) is 0 Å². The van der Waals surface area contributed by atoms with Gasteiger partial charge >= 0.3 is 5.89 Å². The van der Waals surface area contributed by atoms with E-state index in [0.717, 1.165) is 5.89 Å². The number of nitrogens with zero attached hydrogens (tertiary/aromatic N) is 1. The summed E-state index contributed by atoms with van der Waals surface area (Å²) in [4.78, 5) is 0. The monoisotopic (exact) mass is 168 g/mol. The minimum absolute atomic E-state index is 0.461. The zero-order chi connectivity index (χ0) is 9.30. The summed E-state index contributed by atoms with van der Waals surface area (Å²) in [5, 5.41) is 0. The predicted molar refractivity (Wildman–Crippen MR) is 48.1 cm³/mol. The maximum Gasteiger partial charge on any atom is 0.349 e. The third-order valence-electron chi connectivity index (χ3n) is 2.10. The van der Waals surface area contributed by atoms with Crippen LogP contribution in [0.2, 0.25) is 0 Å². The van der Waals surface area contributed by atoms with Crippen LogP contribution in [-0.4, -0.2) is 0 Å². The minimum Gasteiger partial charge on any atom is -0.410 e. The van der Waals surface area contributed by atoms with Gasteiger partial charge < -0.3 is 4.42 Å². The summed E-state index contributed by atoms with van der Waals surface area (Å²) in [5.74, 6) is 2.05. The van der Waals surface area contributed by atoms with Gasteiger partial charge in [0.15, 0.2) is 6.26 Å². The van der Waals surface area contributed by atoms with Gasteiger partial charge in [-0.25, -0.2) is 0 Å². The molecule has 12 heavy (non-hydrogen) atoms.